The standard InChI is InChI=1S/C23H26F2N2O/c24-20-8-7-19(15-21(20)25)16-27-12-4-10-23(22(27)28)11-14-26(17-23)13-9-18-5-2-1-3-6-18/h1-3,5-8,15H,4,9-14,16-17H2. The first-order valence-electron chi connectivity index (χ1n) is 10.1. The van der Waals surface area contributed by atoms with Crippen molar-refractivity contribution in [2.24, 2.45) is 5.41 Å². The molecule has 0 N–H and O–H groups in total. The molecule has 0 saturated carbocycles. The van der Waals surface area contributed by atoms with Crippen LogP contribution in [0.15, 0.2) is 48.5 Å². The lowest BCUT2D eigenvalue weighted by molar-refractivity contribution is -0.146. The van der Waals surface area contributed by atoms with Crippen LogP contribution in [0.2, 0.25) is 0 Å². The van der Waals surface area contributed by atoms with Gasteiger partial charge >= 0.3 is 0 Å². The van der Waals surface area contributed by atoms with E-state index in [1.807, 2.05) is 11.0 Å². The van der Waals surface area contributed by atoms with Gasteiger partial charge in [-0.2, -0.15) is 0 Å². The number of likely N-dealkylation sites (tertiary alicyclic amines) is 2. The van der Waals surface area contributed by atoms with Crippen LogP contribution in [0.1, 0.15) is 30.4 Å². The lowest BCUT2D eigenvalue weighted by Crippen LogP contribution is -2.49. The van der Waals surface area contributed by atoms with E-state index in [0.29, 0.717) is 18.7 Å². The Morgan fingerprint density at radius 3 is 2.54 bits per heavy atom. The normalized spacial score (nSPS) is 22.9. The molecule has 2 aromatic carbocycles. The predicted octanol–water partition coefficient (Wildman–Crippen LogP) is 4.02. The molecule has 1 amide bonds. The number of carbonyl (C=O) groups excluding carboxylic acids is 1. The molecule has 1 spiro atoms. The van der Waals surface area contributed by atoms with Crippen LogP contribution < -0.4 is 0 Å². The molecular formula is C23H26F2N2O. The van der Waals surface area contributed by atoms with Gasteiger partial charge in [-0.25, -0.2) is 8.78 Å². The summed E-state index contributed by atoms with van der Waals surface area (Å²) in [6.07, 6.45) is 3.75. The van der Waals surface area contributed by atoms with Crippen molar-refractivity contribution in [3.05, 3.63) is 71.3 Å². The van der Waals surface area contributed by atoms with E-state index in [1.54, 1.807) is 6.07 Å². The Balaban J connectivity index is 1.39. The van der Waals surface area contributed by atoms with Crippen molar-refractivity contribution >= 4 is 5.91 Å². The molecule has 0 radical (unpaired) electrons. The van der Waals surface area contributed by atoms with E-state index in [-0.39, 0.29) is 11.3 Å². The SMILES string of the molecule is O=C1N(Cc2ccc(F)c(F)c2)CCCC12CCN(CCc1ccccc1)C2. The molecular weight excluding hydrogens is 358 g/mol. The van der Waals surface area contributed by atoms with Gasteiger partial charge in [-0.3, -0.25) is 4.79 Å². The number of amides is 1. The Morgan fingerprint density at radius 2 is 1.75 bits per heavy atom. The molecule has 4 rings (SSSR count). The van der Waals surface area contributed by atoms with Crippen LogP contribution in [-0.4, -0.2) is 41.9 Å². The molecule has 2 aromatic rings. The number of piperidine rings is 1. The van der Waals surface area contributed by atoms with Gasteiger partial charge in [-0.1, -0.05) is 36.4 Å². The Bertz CT molecular complexity index is 842. The van der Waals surface area contributed by atoms with Gasteiger partial charge in [-0.15, -0.1) is 0 Å². The van der Waals surface area contributed by atoms with E-state index in [2.05, 4.69) is 29.2 Å². The Morgan fingerprint density at radius 1 is 0.929 bits per heavy atom. The van der Waals surface area contributed by atoms with Gasteiger partial charge in [0.2, 0.25) is 5.91 Å². The van der Waals surface area contributed by atoms with E-state index in [1.165, 1.54) is 11.6 Å². The minimum Gasteiger partial charge on any atom is -0.338 e. The van der Waals surface area contributed by atoms with E-state index >= 15 is 0 Å². The quantitative estimate of drug-likeness (QED) is 0.777. The number of hydrogen-bond donors (Lipinski definition) is 0. The lowest BCUT2D eigenvalue weighted by Gasteiger charge is -2.39. The smallest absolute Gasteiger partial charge is 0.230 e. The third-order valence-corrected chi connectivity index (χ3v) is 6.17. The maximum Gasteiger partial charge on any atom is 0.230 e. The van der Waals surface area contributed by atoms with Crippen LogP contribution in [-0.2, 0) is 17.8 Å². The van der Waals surface area contributed by atoms with Crippen LogP contribution in [0, 0.1) is 17.0 Å². The summed E-state index contributed by atoms with van der Waals surface area (Å²) >= 11 is 0. The fourth-order valence-electron chi connectivity index (χ4n) is 4.62. The molecule has 28 heavy (non-hydrogen) atoms. The second-order valence-corrected chi connectivity index (χ2v) is 8.12. The summed E-state index contributed by atoms with van der Waals surface area (Å²) in [6.45, 7) is 3.73. The molecule has 148 valence electrons. The average Bonchev–Trinajstić information content (AvgIpc) is 3.12. The summed E-state index contributed by atoms with van der Waals surface area (Å²) in [7, 11) is 0. The lowest BCUT2D eigenvalue weighted by atomic mass is 9.78. The minimum atomic E-state index is -0.857. The van der Waals surface area contributed by atoms with Crippen molar-refractivity contribution in [2.45, 2.75) is 32.2 Å². The molecule has 2 aliphatic rings. The van der Waals surface area contributed by atoms with Gasteiger partial charge in [0.1, 0.15) is 0 Å². The van der Waals surface area contributed by atoms with Gasteiger partial charge in [0.15, 0.2) is 11.6 Å². The van der Waals surface area contributed by atoms with Crippen LogP contribution in [0.5, 0.6) is 0 Å². The van der Waals surface area contributed by atoms with Gasteiger partial charge < -0.3 is 9.80 Å². The zero-order valence-electron chi connectivity index (χ0n) is 16.0. The van der Waals surface area contributed by atoms with Crippen molar-refractivity contribution in [3.8, 4) is 0 Å². The molecule has 2 heterocycles. The first-order valence-corrected chi connectivity index (χ1v) is 10.1. The molecule has 3 nitrogen and oxygen atoms in total. The molecule has 0 bridgehead atoms. The largest absolute Gasteiger partial charge is 0.338 e. The van der Waals surface area contributed by atoms with Crippen molar-refractivity contribution in [2.75, 3.05) is 26.2 Å². The monoisotopic (exact) mass is 384 g/mol. The number of benzene rings is 2. The maximum absolute atomic E-state index is 13.5. The van der Waals surface area contributed by atoms with Gasteiger partial charge in [0, 0.05) is 26.2 Å². The van der Waals surface area contributed by atoms with Gasteiger partial charge in [-0.05, 0) is 55.5 Å². The molecule has 0 aromatic heterocycles. The molecule has 2 aliphatic heterocycles. The number of halogens is 2. The summed E-state index contributed by atoms with van der Waals surface area (Å²) < 4.78 is 26.7. The Hall–Kier alpha value is -2.27. The molecule has 0 aliphatic carbocycles. The van der Waals surface area contributed by atoms with E-state index in [9.17, 15) is 13.6 Å². The highest BCUT2D eigenvalue weighted by Gasteiger charge is 2.48. The number of carbonyl (C=O) groups is 1. The first-order chi connectivity index (χ1) is 13.6. The average molecular weight is 384 g/mol. The zero-order chi connectivity index (χ0) is 19.6. The highest BCUT2D eigenvalue weighted by atomic mass is 19.2. The van der Waals surface area contributed by atoms with Gasteiger partial charge in [0.25, 0.3) is 0 Å². The van der Waals surface area contributed by atoms with Crippen LogP contribution in [0.3, 0.4) is 0 Å². The maximum atomic E-state index is 13.5. The second kappa shape index (κ2) is 8.00. The fourth-order valence-corrected chi connectivity index (χ4v) is 4.62. The third kappa shape index (κ3) is 3.95. The predicted molar refractivity (Wildman–Crippen MR) is 105 cm³/mol. The Labute approximate surface area is 165 Å². The van der Waals surface area contributed by atoms with E-state index in [4.69, 9.17) is 0 Å². The highest BCUT2D eigenvalue weighted by molar-refractivity contribution is 5.84. The molecule has 5 heteroatoms. The van der Waals surface area contributed by atoms with E-state index in [0.717, 1.165) is 51.4 Å². The summed E-state index contributed by atoms with van der Waals surface area (Å²) in [6, 6.07) is 14.3. The van der Waals surface area contributed by atoms with Crippen molar-refractivity contribution in [3.63, 3.8) is 0 Å². The second-order valence-electron chi connectivity index (χ2n) is 8.12. The summed E-state index contributed by atoms with van der Waals surface area (Å²) in [5, 5.41) is 0. The molecule has 2 saturated heterocycles. The zero-order valence-corrected chi connectivity index (χ0v) is 16.0. The molecule has 2 fully saturated rings. The molecule has 1 unspecified atom stereocenters. The summed E-state index contributed by atoms with van der Waals surface area (Å²) in [5.41, 5.74) is 1.65. The third-order valence-electron chi connectivity index (χ3n) is 6.17. The topological polar surface area (TPSA) is 23.6 Å². The van der Waals surface area contributed by atoms with Crippen molar-refractivity contribution in [1.29, 1.82) is 0 Å². The summed E-state index contributed by atoms with van der Waals surface area (Å²) in [5.74, 6) is -1.54. The van der Waals surface area contributed by atoms with Crippen LogP contribution >= 0.6 is 0 Å². The summed E-state index contributed by atoms with van der Waals surface area (Å²) in [4.78, 5) is 17.5. The van der Waals surface area contributed by atoms with Crippen LogP contribution in [0.4, 0.5) is 8.78 Å². The van der Waals surface area contributed by atoms with E-state index < -0.39 is 11.6 Å². The van der Waals surface area contributed by atoms with Crippen LogP contribution in [0.25, 0.3) is 0 Å². The fraction of sp³-hybridized carbons (Fsp3) is 0.435. The number of rotatable bonds is 5. The number of hydrogen-bond acceptors (Lipinski definition) is 2. The Kier molecular flexibility index (Phi) is 5.44. The number of nitrogens with zero attached hydrogens (tertiary/aromatic N) is 2. The van der Waals surface area contributed by atoms with Gasteiger partial charge in [0.05, 0.1) is 5.41 Å². The minimum absolute atomic E-state index is 0.172. The van der Waals surface area contributed by atoms with Crippen molar-refractivity contribution in [1.82, 2.24) is 9.80 Å². The van der Waals surface area contributed by atoms with Crippen molar-refractivity contribution < 1.29 is 13.6 Å². The highest BCUT2D eigenvalue weighted by Crippen LogP contribution is 2.40. The first kappa shape index (κ1) is 19.1. The molecule has 1 atom stereocenters.